The minimum atomic E-state index is -0.941. The summed E-state index contributed by atoms with van der Waals surface area (Å²) < 4.78 is 2.14. The summed E-state index contributed by atoms with van der Waals surface area (Å²) >= 11 is 0. The molecule has 0 aliphatic carbocycles. The maximum absolute atomic E-state index is 12.6. The Balaban J connectivity index is 2.24. The molecule has 0 saturated carbocycles. The van der Waals surface area contributed by atoms with E-state index in [1.807, 2.05) is 56.8 Å². The van der Waals surface area contributed by atoms with E-state index in [4.69, 9.17) is 0 Å². The van der Waals surface area contributed by atoms with Crippen molar-refractivity contribution in [1.82, 2.24) is 18.9 Å². The number of carbonyl (C=O) groups is 2. The van der Waals surface area contributed by atoms with Gasteiger partial charge in [-0.15, -0.1) is 0 Å². The highest BCUT2D eigenvalue weighted by Gasteiger charge is 2.47. The van der Waals surface area contributed by atoms with Crippen molar-refractivity contribution in [1.29, 1.82) is 0 Å². The monoisotopic (exact) mass is 371 g/mol. The van der Waals surface area contributed by atoms with Crippen LogP contribution in [0.4, 0.5) is 10.5 Å². The molecule has 1 aromatic heterocycles. The van der Waals surface area contributed by atoms with Gasteiger partial charge < -0.3 is 14.6 Å². The van der Waals surface area contributed by atoms with Crippen molar-refractivity contribution >= 4 is 17.7 Å². The Labute approximate surface area is 159 Å². The Bertz CT molecular complexity index is 891. The van der Waals surface area contributed by atoms with Gasteiger partial charge in [0.05, 0.1) is 26.1 Å². The van der Waals surface area contributed by atoms with Crippen molar-refractivity contribution in [2.45, 2.75) is 46.2 Å². The van der Waals surface area contributed by atoms with Gasteiger partial charge in [-0.05, 0) is 32.9 Å². The van der Waals surface area contributed by atoms with Crippen LogP contribution in [0.25, 0.3) is 5.69 Å². The number of rotatable bonds is 3. The first-order chi connectivity index (χ1) is 12.7. The fourth-order valence-electron chi connectivity index (χ4n) is 4.19. The maximum atomic E-state index is 12.6. The normalized spacial score (nSPS) is 24.3. The van der Waals surface area contributed by atoms with Gasteiger partial charge >= 0.3 is 12.0 Å². The van der Waals surface area contributed by atoms with Crippen LogP contribution >= 0.6 is 0 Å². The number of carboxylic acid groups (broad SMARTS) is 1. The molecule has 2 aromatic rings. The molecule has 1 unspecified atom stereocenters. The van der Waals surface area contributed by atoms with Gasteiger partial charge in [-0.2, -0.15) is 0 Å². The van der Waals surface area contributed by atoms with Gasteiger partial charge in [0.25, 0.3) is 0 Å². The number of aromatic nitrogens is 2. The number of aryl methyl sites for hydroxylation is 1. The number of amides is 2. The topological polar surface area (TPSA) is 75.4 Å². The summed E-state index contributed by atoms with van der Waals surface area (Å²) in [6.45, 7) is 7.77. The molecular weight excluding hydrogens is 344 g/mol. The summed E-state index contributed by atoms with van der Waals surface area (Å²) in [4.78, 5) is 30.2. The Morgan fingerprint density at radius 2 is 2.11 bits per heavy atom. The van der Waals surface area contributed by atoms with E-state index in [1.54, 1.807) is 13.1 Å². The number of imidazole rings is 1. The molecule has 27 heavy (non-hydrogen) atoms. The van der Waals surface area contributed by atoms with Gasteiger partial charge in [-0.25, -0.2) is 19.1 Å². The average molecular weight is 371 g/mol. The molecule has 1 aromatic carbocycles. The van der Waals surface area contributed by atoms with Crippen LogP contribution in [-0.2, 0) is 4.79 Å². The van der Waals surface area contributed by atoms with Crippen molar-refractivity contribution in [3.63, 3.8) is 0 Å². The summed E-state index contributed by atoms with van der Waals surface area (Å²) in [5, 5.41) is 9.71. The number of benzene rings is 1. The predicted octanol–water partition coefficient (Wildman–Crippen LogP) is 3.50. The van der Waals surface area contributed by atoms with E-state index in [1.165, 1.54) is 4.90 Å². The lowest BCUT2D eigenvalue weighted by Crippen LogP contribution is -2.60. The van der Waals surface area contributed by atoms with Crippen LogP contribution in [0.2, 0.25) is 0 Å². The largest absolute Gasteiger partial charge is 0.465 e. The van der Waals surface area contributed by atoms with Gasteiger partial charge in [-0.1, -0.05) is 0 Å². The van der Waals surface area contributed by atoms with E-state index < -0.39 is 6.09 Å². The SMILES string of the molecule is CCN(C(=O)O)[C@@H]1C[C@H](C)[N+](C)(C(C)=O)c2ccc(-n3ccnc3C)cc21. The van der Waals surface area contributed by atoms with Crippen molar-refractivity contribution in [2.24, 2.45) is 0 Å². The second kappa shape index (κ2) is 6.81. The molecule has 0 bridgehead atoms. The molecule has 7 heteroatoms. The van der Waals surface area contributed by atoms with Gasteiger partial charge in [0.2, 0.25) is 0 Å². The third kappa shape index (κ3) is 2.92. The lowest BCUT2D eigenvalue weighted by Gasteiger charge is -2.45. The van der Waals surface area contributed by atoms with Crippen LogP contribution < -0.4 is 4.48 Å². The van der Waals surface area contributed by atoms with Crippen LogP contribution in [0.1, 0.15) is 44.6 Å². The van der Waals surface area contributed by atoms with Crippen LogP contribution in [0.5, 0.6) is 0 Å². The van der Waals surface area contributed by atoms with E-state index in [-0.39, 0.29) is 22.5 Å². The third-order valence-electron chi connectivity index (χ3n) is 6.04. The molecule has 0 radical (unpaired) electrons. The Kier molecular flexibility index (Phi) is 4.82. The molecule has 7 nitrogen and oxygen atoms in total. The summed E-state index contributed by atoms with van der Waals surface area (Å²) in [5.74, 6) is 0.900. The molecule has 3 atom stereocenters. The molecule has 1 aliphatic rings. The number of hydrogen-bond donors (Lipinski definition) is 1. The molecule has 3 rings (SSSR count). The van der Waals surface area contributed by atoms with Crippen LogP contribution in [0, 0.1) is 6.92 Å². The molecule has 0 spiro atoms. The number of carbonyl (C=O) groups excluding carboxylic acids is 1. The third-order valence-corrected chi connectivity index (χ3v) is 6.04. The zero-order valence-electron chi connectivity index (χ0n) is 16.5. The highest BCUT2D eigenvalue weighted by molar-refractivity contribution is 5.88. The zero-order chi connectivity index (χ0) is 19.9. The van der Waals surface area contributed by atoms with Crippen molar-refractivity contribution in [3.8, 4) is 5.69 Å². The minimum Gasteiger partial charge on any atom is -0.465 e. The molecular formula is C20H27N4O3+. The van der Waals surface area contributed by atoms with Crippen LogP contribution in [-0.4, -0.2) is 51.2 Å². The fourth-order valence-corrected chi connectivity index (χ4v) is 4.19. The van der Waals surface area contributed by atoms with E-state index in [2.05, 4.69) is 4.98 Å². The first kappa shape index (κ1) is 19.1. The summed E-state index contributed by atoms with van der Waals surface area (Å²) in [7, 11) is 1.92. The smallest absolute Gasteiger partial charge is 0.407 e. The summed E-state index contributed by atoms with van der Waals surface area (Å²) in [5.41, 5.74) is 2.67. The number of hydrogen-bond acceptors (Lipinski definition) is 3. The van der Waals surface area contributed by atoms with Crippen molar-refractivity contribution < 1.29 is 14.7 Å². The van der Waals surface area contributed by atoms with Crippen LogP contribution in [0.15, 0.2) is 30.6 Å². The fraction of sp³-hybridized carbons (Fsp3) is 0.450. The van der Waals surface area contributed by atoms with Gasteiger partial charge in [0.1, 0.15) is 11.5 Å². The average Bonchev–Trinajstić information content (AvgIpc) is 3.04. The highest BCUT2D eigenvalue weighted by atomic mass is 16.4. The molecule has 0 fully saturated rings. The standard InChI is InChI=1S/C20H26N4O3/c1-6-22(20(26)27)18-11-13(2)24(5,15(4)25)19-8-7-16(12-17(18)19)23-10-9-21-14(23)3/h7-10,12-13,18H,6,11H2,1-5H3/p+1/t13-,18+,24?/m0/s1. The number of fused-ring (bicyclic) bond motifs is 1. The Hall–Kier alpha value is -2.67. The molecule has 144 valence electrons. The van der Waals surface area contributed by atoms with E-state index in [9.17, 15) is 14.7 Å². The van der Waals surface area contributed by atoms with E-state index >= 15 is 0 Å². The summed E-state index contributed by atoms with van der Waals surface area (Å²) in [6, 6.07) is 5.63. The molecule has 2 heterocycles. The van der Waals surface area contributed by atoms with Gasteiger partial charge in [0, 0.05) is 42.7 Å². The lowest BCUT2D eigenvalue weighted by atomic mass is 9.88. The maximum Gasteiger partial charge on any atom is 0.407 e. The number of nitrogens with zero attached hydrogens (tertiary/aromatic N) is 4. The minimum absolute atomic E-state index is 0.0192. The summed E-state index contributed by atoms with van der Waals surface area (Å²) in [6.07, 6.45) is 3.27. The van der Waals surface area contributed by atoms with E-state index in [0.29, 0.717) is 13.0 Å². The first-order valence-corrected chi connectivity index (χ1v) is 9.23. The highest BCUT2D eigenvalue weighted by Crippen LogP contribution is 2.45. The number of quaternary nitrogens is 1. The molecule has 1 aliphatic heterocycles. The van der Waals surface area contributed by atoms with Crippen LogP contribution in [0.3, 0.4) is 0 Å². The van der Waals surface area contributed by atoms with E-state index in [0.717, 1.165) is 22.8 Å². The quantitative estimate of drug-likeness (QED) is 0.838. The zero-order valence-corrected chi connectivity index (χ0v) is 16.5. The Morgan fingerprint density at radius 1 is 1.41 bits per heavy atom. The molecule has 1 N–H and O–H groups in total. The van der Waals surface area contributed by atoms with Gasteiger partial charge in [0.15, 0.2) is 0 Å². The second-order valence-corrected chi connectivity index (χ2v) is 7.35. The predicted molar refractivity (Wildman–Crippen MR) is 104 cm³/mol. The van der Waals surface area contributed by atoms with Gasteiger partial charge in [-0.3, -0.25) is 0 Å². The Morgan fingerprint density at radius 3 is 2.63 bits per heavy atom. The lowest BCUT2D eigenvalue weighted by molar-refractivity contribution is -0.129. The van der Waals surface area contributed by atoms with Crippen molar-refractivity contribution in [2.75, 3.05) is 13.6 Å². The second-order valence-electron chi connectivity index (χ2n) is 7.35. The molecule has 0 saturated heterocycles. The first-order valence-electron chi connectivity index (χ1n) is 9.23. The van der Waals surface area contributed by atoms with Crippen molar-refractivity contribution in [3.05, 3.63) is 42.0 Å². The molecule has 2 amide bonds.